The molecule has 6 heteroatoms. The quantitative estimate of drug-likeness (QED) is 0.880. The van der Waals surface area contributed by atoms with Crippen LogP contribution in [-0.4, -0.2) is 71.9 Å². The van der Waals surface area contributed by atoms with E-state index in [-0.39, 0.29) is 11.9 Å². The Morgan fingerprint density at radius 2 is 1.58 bits per heavy atom. The maximum atomic E-state index is 12.5. The molecule has 1 aliphatic rings. The average molecular weight is 332 g/mol. The number of hydrogen-bond donors (Lipinski definition) is 1. The molecule has 1 unspecified atom stereocenters. The van der Waals surface area contributed by atoms with Gasteiger partial charge in [-0.1, -0.05) is 30.3 Å². The van der Waals surface area contributed by atoms with Crippen LogP contribution in [0.4, 0.5) is 4.79 Å². The van der Waals surface area contributed by atoms with E-state index < -0.39 is 6.04 Å². The number of urea groups is 1. The molecule has 3 amide bonds. The molecule has 1 heterocycles. The van der Waals surface area contributed by atoms with Crippen molar-refractivity contribution in [3.63, 3.8) is 0 Å². The molecule has 1 aromatic rings. The van der Waals surface area contributed by atoms with Crippen molar-refractivity contribution in [2.24, 2.45) is 5.73 Å². The number of hydrogen-bond acceptors (Lipinski definition) is 3. The summed E-state index contributed by atoms with van der Waals surface area (Å²) in [5, 5.41) is 0. The van der Waals surface area contributed by atoms with E-state index in [4.69, 9.17) is 5.73 Å². The molecule has 132 valence electrons. The van der Waals surface area contributed by atoms with Crippen LogP contribution in [0.1, 0.15) is 19.4 Å². The van der Waals surface area contributed by atoms with Crippen molar-refractivity contribution in [3.05, 3.63) is 35.9 Å². The Kier molecular flexibility index (Phi) is 6.61. The minimum absolute atomic E-state index is 0.0335. The molecule has 1 atom stereocenters. The lowest BCUT2D eigenvalue weighted by atomic mass is 10.1. The number of nitrogens with zero attached hydrogens (tertiary/aromatic N) is 3. The van der Waals surface area contributed by atoms with Gasteiger partial charge >= 0.3 is 6.03 Å². The maximum absolute atomic E-state index is 12.5. The first-order valence-electron chi connectivity index (χ1n) is 8.69. The Balaban J connectivity index is 1.85. The van der Waals surface area contributed by atoms with E-state index in [0.717, 1.165) is 5.56 Å². The molecule has 0 aromatic heterocycles. The molecule has 1 aliphatic heterocycles. The second-order valence-corrected chi connectivity index (χ2v) is 6.06. The first kappa shape index (κ1) is 18.3. The van der Waals surface area contributed by atoms with Crippen LogP contribution >= 0.6 is 0 Å². The predicted molar refractivity (Wildman–Crippen MR) is 94.6 cm³/mol. The lowest BCUT2D eigenvalue weighted by molar-refractivity contribution is -0.134. The molecule has 0 spiro atoms. The van der Waals surface area contributed by atoms with Gasteiger partial charge in [0.05, 0.1) is 6.04 Å². The number of carbonyl (C=O) groups excluding carboxylic acids is 2. The minimum Gasteiger partial charge on any atom is -0.338 e. The summed E-state index contributed by atoms with van der Waals surface area (Å²) in [6.45, 7) is 7.60. The number of nitrogens with two attached hydrogens (primary N) is 1. The van der Waals surface area contributed by atoms with Gasteiger partial charge in [0.15, 0.2) is 0 Å². The van der Waals surface area contributed by atoms with E-state index in [1.807, 2.05) is 49.1 Å². The zero-order valence-electron chi connectivity index (χ0n) is 14.6. The third-order valence-electron chi connectivity index (χ3n) is 4.51. The Morgan fingerprint density at radius 3 is 2.12 bits per heavy atom. The van der Waals surface area contributed by atoms with Crippen molar-refractivity contribution in [3.8, 4) is 0 Å². The van der Waals surface area contributed by atoms with Gasteiger partial charge in [-0.25, -0.2) is 4.79 Å². The Bertz CT molecular complexity index is 537. The standard InChI is InChI=1S/C18H28N4O2/c1-3-20(4-2)18(24)22-12-10-21(11-13-22)17(23)16(19)14-15-8-6-5-7-9-15/h5-9,16H,3-4,10-14,19H2,1-2H3. The predicted octanol–water partition coefficient (Wildman–Crippen LogP) is 1.16. The highest BCUT2D eigenvalue weighted by Gasteiger charge is 2.28. The summed E-state index contributed by atoms with van der Waals surface area (Å²) in [6.07, 6.45) is 0.540. The monoisotopic (exact) mass is 332 g/mol. The van der Waals surface area contributed by atoms with Gasteiger partial charge in [-0.05, 0) is 25.8 Å². The summed E-state index contributed by atoms with van der Waals surface area (Å²) in [6, 6.07) is 9.33. The van der Waals surface area contributed by atoms with Gasteiger partial charge in [0.1, 0.15) is 0 Å². The minimum atomic E-state index is -0.530. The number of piperazine rings is 1. The largest absolute Gasteiger partial charge is 0.338 e. The first-order chi connectivity index (χ1) is 11.6. The van der Waals surface area contributed by atoms with Gasteiger partial charge in [-0.15, -0.1) is 0 Å². The molecule has 2 N–H and O–H groups in total. The number of benzene rings is 1. The molecule has 1 fully saturated rings. The number of amides is 3. The number of carbonyl (C=O) groups is 2. The molecule has 1 aromatic carbocycles. The van der Waals surface area contributed by atoms with E-state index in [0.29, 0.717) is 45.7 Å². The summed E-state index contributed by atoms with van der Waals surface area (Å²) < 4.78 is 0. The Morgan fingerprint density at radius 1 is 1.04 bits per heavy atom. The molecule has 1 saturated heterocycles. The van der Waals surface area contributed by atoms with Crippen LogP contribution in [0, 0.1) is 0 Å². The normalized spacial score (nSPS) is 16.0. The molecular formula is C18H28N4O2. The summed E-state index contributed by atoms with van der Waals surface area (Å²) in [5.74, 6) is -0.0335. The fourth-order valence-electron chi connectivity index (χ4n) is 3.00. The zero-order chi connectivity index (χ0) is 17.5. The van der Waals surface area contributed by atoms with E-state index in [1.54, 1.807) is 9.80 Å². The molecule has 0 saturated carbocycles. The van der Waals surface area contributed by atoms with Crippen LogP contribution in [0.3, 0.4) is 0 Å². The summed E-state index contributed by atoms with van der Waals surface area (Å²) in [5.41, 5.74) is 7.15. The molecule has 24 heavy (non-hydrogen) atoms. The Hall–Kier alpha value is -2.08. The smallest absolute Gasteiger partial charge is 0.320 e. The van der Waals surface area contributed by atoms with Crippen LogP contribution in [0.25, 0.3) is 0 Å². The Labute approximate surface area is 144 Å². The number of rotatable bonds is 5. The average Bonchev–Trinajstić information content (AvgIpc) is 2.63. The zero-order valence-corrected chi connectivity index (χ0v) is 14.6. The van der Waals surface area contributed by atoms with Gasteiger partial charge in [-0.2, -0.15) is 0 Å². The second-order valence-electron chi connectivity index (χ2n) is 6.06. The highest BCUT2D eigenvalue weighted by Crippen LogP contribution is 2.09. The van der Waals surface area contributed by atoms with Gasteiger partial charge in [-0.3, -0.25) is 4.79 Å². The van der Waals surface area contributed by atoms with Crippen LogP contribution in [0.5, 0.6) is 0 Å². The van der Waals surface area contributed by atoms with Gasteiger partial charge in [0.2, 0.25) is 5.91 Å². The van der Waals surface area contributed by atoms with E-state index in [2.05, 4.69) is 0 Å². The van der Waals surface area contributed by atoms with Crippen molar-refractivity contribution in [1.82, 2.24) is 14.7 Å². The SMILES string of the molecule is CCN(CC)C(=O)N1CCN(C(=O)C(N)Cc2ccccc2)CC1. The lowest BCUT2D eigenvalue weighted by Gasteiger charge is -2.38. The fraction of sp³-hybridized carbons (Fsp3) is 0.556. The van der Waals surface area contributed by atoms with Crippen molar-refractivity contribution in [1.29, 1.82) is 0 Å². The maximum Gasteiger partial charge on any atom is 0.320 e. The van der Waals surface area contributed by atoms with Crippen molar-refractivity contribution >= 4 is 11.9 Å². The van der Waals surface area contributed by atoms with Crippen LogP contribution in [0.15, 0.2) is 30.3 Å². The summed E-state index contributed by atoms with van der Waals surface area (Å²) in [4.78, 5) is 30.2. The third kappa shape index (κ3) is 4.47. The van der Waals surface area contributed by atoms with Gasteiger partial charge < -0.3 is 20.4 Å². The topological polar surface area (TPSA) is 69.9 Å². The summed E-state index contributed by atoms with van der Waals surface area (Å²) in [7, 11) is 0. The van der Waals surface area contributed by atoms with Crippen molar-refractivity contribution in [2.45, 2.75) is 26.3 Å². The van der Waals surface area contributed by atoms with E-state index in [1.165, 1.54) is 0 Å². The van der Waals surface area contributed by atoms with Crippen LogP contribution < -0.4 is 5.73 Å². The van der Waals surface area contributed by atoms with Gasteiger partial charge in [0, 0.05) is 39.3 Å². The first-order valence-corrected chi connectivity index (χ1v) is 8.69. The van der Waals surface area contributed by atoms with Crippen LogP contribution in [-0.2, 0) is 11.2 Å². The highest BCUT2D eigenvalue weighted by atomic mass is 16.2. The lowest BCUT2D eigenvalue weighted by Crippen LogP contribution is -2.56. The third-order valence-corrected chi connectivity index (χ3v) is 4.51. The molecule has 0 aliphatic carbocycles. The van der Waals surface area contributed by atoms with Crippen molar-refractivity contribution < 1.29 is 9.59 Å². The molecule has 0 radical (unpaired) electrons. The van der Waals surface area contributed by atoms with E-state index >= 15 is 0 Å². The second kappa shape index (κ2) is 8.68. The summed E-state index contributed by atoms with van der Waals surface area (Å²) >= 11 is 0. The van der Waals surface area contributed by atoms with Gasteiger partial charge in [0.25, 0.3) is 0 Å². The van der Waals surface area contributed by atoms with Crippen molar-refractivity contribution in [2.75, 3.05) is 39.3 Å². The molecule has 2 rings (SSSR count). The molecular weight excluding hydrogens is 304 g/mol. The molecule has 0 bridgehead atoms. The highest BCUT2D eigenvalue weighted by molar-refractivity contribution is 5.82. The van der Waals surface area contributed by atoms with E-state index in [9.17, 15) is 9.59 Å². The molecule has 6 nitrogen and oxygen atoms in total. The van der Waals surface area contributed by atoms with Crippen LogP contribution in [0.2, 0.25) is 0 Å². The fourth-order valence-corrected chi connectivity index (χ4v) is 3.00.